The molecule has 0 spiro atoms. The van der Waals surface area contributed by atoms with Crippen molar-refractivity contribution in [2.75, 3.05) is 0 Å². The topological polar surface area (TPSA) is 82.5 Å². The fourth-order valence-corrected chi connectivity index (χ4v) is 3.98. The summed E-state index contributed by atoms with van der Waals surface area (Å²) in [6.45, 7) is 2.20. The fourth-order valence-electron chi connectivity index (χ4n) is 2.80. The fraction of sp³-hybridized carbons (Fsp3) is 0.250. The van der Waals surface area contributed by atoms with Gasteiger partial charge in [0, 0.05) is 4.47 Å². The first kappa shape index (κ1) is 19.8. The van der Waals surface area contributed by atoms with Crippen molar-refractivity contribution < 1.29 is 4.42 Å². The lowest BCUT2D eigenvalue weighted by atomic mass is 10.1. The number of nitrogens with zero attached hydrogens (tertiary/aromatic N) is 6. The Morgan fingerprint density at radius 3 is 2.66 bits per heavy atom. The smallest absolute Gasteiger partial charge is 0.248 e. The number of hydrogen-bond donors (Lipinski definition) is 0. The van der Waals surface area contributed by atoms with Gasteiger partial charge in [-0.15, -0.1) is 15.3 Å². The molecule has 2 aromatic heterocycles. The van der Waals surface area contributed by atoms with Gasteiger partial charge in [0.2, 0.25) is 16.9 Å². The summed E-state index contributed by atoms with van der Waals surface area (Å²) in [5.74, 6) is 1.48. The van der Waals surface area contributed by atoms with Crippen molar-refractivity contribution in [1.82, 2.24) is 30.4 Å². The Kier molecular flexibility index (Phi) is 6.36. The highest BCUT2D eigenvalue weighted by Crippen LogP contribution is 2.28. The molecule has 0 bridgehead atoms. The van der Waals surface area contributed by atoms with Crippen LogP contribution in [0.3, 0.4) is 0 Å². The Bertz CT molecular complexity index is 1080. The summed E-state index contributed by atoms with van der Waals surface area (Å²) in [6, 6.07) is 16.1. The van der Waals surface area contributed by atoms with Crippen molar-refractivity contribution in [3.8, 4) is 17.1 Å². The molecular formula is C20H19BrN6OS. The van der Waals surface area contributed by atoms with Gasteiger partial charge < -0.3 is 4.42 Å². The minimum atomic E-state index is 0.479. The van der Waals surface area contributed by atoms with Crippen molar-refractivity contribution in [3.05, 3.63) is 64.5 Å². The van der Waals surface area contributed by atoms with E-state index in [4.69, 9.17) is 4.42 Å². The van der Waals surface area contributed by atoms with Gasteiger partial charge in [-0.25, -0.2) is 0 Å². The molecule has 0 aliphatic heterocycles. The second-order valence-corrected chi connectivity index (χ2v) is 8.21. The lowest BCUT2D eigenvalue weighted by Gasteiger charge is -2.05. The quantitative estimate of drug-likeness (QED) is 0.330. The number of halogens is 1. The number of thioether (sulfide) groups is 1. The molecule has 7 nitrogen and oxygen atoms in total. The number of benzene rings is 2. The number of hydrogen-bond acceptors (Lipinski definition) is 7. The zero-order chi connectivity index (χ0) is 20.1. The summed E-state index contributed by atoms with van der Waals surface area (Å²) in [4.78, 5) is 0. The van der Waals surface area contributed by atoms with E-state index in [1.807, 2.05) is 36.4 Å². The molecule has 2 heterocycles. The maximum Gasteiger partial charge on any atom is 0.248 e. The van der Waals surface area contributed by atoms with Crippen LogP contribution < -0.4 is 0 Å². The second-order valence-electron chi connectivity index (χ2n) is 6.41. The van der Waals surface area contributed by atoms with Crippen LogP contribution in [0.4, 0.5) is 0 Å². The first-order valence-corrected chi connectivity index (χ1v) is 11.1. The third kappa shape index (κ3) is 4.73. The molecule has 2 aromatic carbocycles. The van der Waals surface area contributed by atoms with Crippen molar-refractivity contribution in [1.29, 1.82) is 0 Å². The summed E-state index contributed by atoms with van der Waals surface area (Å²) in [7, 11) is 0. The van der Waals surface area contributed by atoms with Crippen molar-refractivity contribution in [2.45, 2.75) is 37.1 Å². The third-order valence-corrected chi connectivity index (χ3v) is 5.93. The average molecular weight is 471 g/mol. The van der Waals surface area contributed by atoms with E-state index in [0.29, 0.717) is 22.7 Å². The Hall–Kier alpha value is -2.52. The summed E-state index contributed by atoms with van der Waals surface area (Å²) in [6.07, 6.45) is 3.47. The highest BCUT2D eigenvalue weighted by molar-refractivity contribution is 9.10. The predicted octanol–water partition coefficient (Wildman–Crippen LogP) is 5.11. The zero-order valence-electron chi connectivity index (χ0n) is 15.8. The largest absolute Gasteiger partial charge is 0.420 e. The molecule has 29 heavy (non-hydrogen) atoms. The Morgan fingerprint density at radius 2 is 1.86 bits per heavy atom. The summed E-state index contributed by atoms with van der Waals surface area (Å²) in [5, 5.41) is 21.0. The molecule has 0 saturated heterocycles. The van der Waals surface area contributed by atoms with Gasteiger partial charge in [-0.1, -0.05) is 49.4 Å². The van der Waals surface area contributed by atoms with Crippen molar-refractivity contribution in [3.63, 3.8) is 0 Å². The van der Waals surface area contributed by atoms with Crippen LogP contribution in [0.15, 0.2) is 62.6 Å². The maximum absolute atomic E-state index is 5.80. The van der Waals surface area contributed by atoms with Gasteiger partial charge >= 0.3 is 0 Å². The molecule has 0 amide bonds. The molecule has 148 valence electrons. The summed E-state index contributed by atoms with van der Waals surface area (Å²) >= 11 is 4.96. The molecule has 0 unspecified atom stereocenters. The average Bonchev–Trinajstić information content (AvgIpc) is 3.41. The number of aromatic nitrogens is 6. The van der Waals surface area contributed by atoms with Gasteiger partial charge in [-0.05, 0) is 69.0 Å². The Balaban J connectivity index is 1.44. The molecule has 0 atom stereocenters. The molecule has 0 aliphatic carbocycles. The first-order valence-electron chi connectivity index (χ1n) is 9.32. The summed E-state index contributed by atoms with van der Waals surface area (Å²) in [5.41, 5.74) is 3.12. The third-order valence-electron chi connectivity index (χ3n) is 4.34. The van der Waals surface area contributed by atoms with E-state index >= 15 is 0 Å². The minimum absolute atomic E-state index is 0.479. The van der Waals surface area contributed by atoms with Gasteiger partial charge in [0.15, 0.2) is 0 Å². The maximum atomic E-state index is 5.80. The van der Waals surface area contributed by atoms with E-state index < -0.39 is 0 Å². The molecule has 0 saturated carbocycles. The highest BCUT2D eigenvalue weighted by atomic mass is 79.9. The number of tetrazole rings is 1. The number of unbranched alkanes of at least 4 members (excludes halogenated alkanes) is 1. The monoisotopic (exact) mass is 470 g/mol. The molecule has 0 radical (unpaired) electrons. The van der Waals surface area contributed by atoms with Crippen LogP contribution in [-0.4, -0.2) is 30.4 Å². The van der Waals surface area contributed by atoms with Crippen LogP contribution >= 0.6 is 27.7 Å². The normalized spacial score (nSPS) is 11.1. The second kappa shape index (κ2) is 9.32. The molecule has 9 heteroatoms. The van der Waals surface area contributed by atoms with Crippen molar-refractivity contribution in [2.24, 2.45) is 0 Å². The lowest BCUT2D eigenvalue weighted by Crippen LogP contribution is -1.99. The molecule has 0 N–H and O–H groups in total. The van der Waals surface area contributed by atoms with E-state index in [9.17, 15) is 0 Å². The van der Waals surface area contributed by atoms with E-state index in [1.165, 1.54) is 30.2 Å². The van der Waals surface area contributed by atoms with Crippen LogP contribution in [0.2, 0.25) is 0 Å². The van der Waals surface area contributed by atoms with Gasteiger partial charge in [-0.2, -0.15) is 4.68 Å². The van der Waals surface area contributed by atoms with E-state index in [1.54, 1.807) is 4.68 Å². The van der Waals surface area contributed by atoms with E-state index in [2.05, 4.69) is 60.7 Å². The van der Waals surface area contributed by atoms with Crippen LogP contribution in [-0.2, 0) is 12.2 Å². The van der Waals surface area contributed by atoms with Crippen LogP contribution in [0.1, 0.15) is 31.2 Å². The molecule has 0 aliphatic rings. The van der Waals surface area contributed by atoms with Crippen LogP contribution in [0, 0.1) is 0 Å². The highest BCUT2D eigenvalue weighted by Gasteiger charge is 2.14. The Labute approximate surface area is 181 Å². The van der Waals surface area contributed by atoms with Gasteiger partial charge in [0.25, 0.3) is 0 Å². The molecule has 0 fully saturated rings. The van der Waals surface area contributed by atoms with Gasteiger partial charge in [-0.3, -0.25) is 0 Å². The SMILES string of the molecule is CCCCc1ccc(-n2nnnc2SCc2nnc(-c3ccccc3Br)o2)cc1. The predicted molar refractivity (Wildman–Crippen MR) is 115 cm³/mol. The zero-order valence-corrected chi connectivity index (χ0v) is 18.2. The summed E-state index contributed by atoms with van der Waals surface area (Å²) < 4.78 is 8.43. The first-order chi connectivity index (χ1) is 14.2. The van der Waals surface area contributed by atoms with Crippen molar-refractivity contribution >= 4 is 27.7 Å². The molecular weight excluding hydrogens is 452 g/mol. The van der Waals surface area contributed by atoms with Crippen LogP contribution in [0.5, 0.6) is 0 Å². The standard InChI is InChI=1S/C20H19BrN6OS/c1-2-3-6-14-9-11-15(12-10-14)27-20(24-25-26-27)29-13-18-22-23-19(28-18)16-7-4-5-8-17(16)21/h4-5,7-12H,2-3,6,13H2,1H3. The van der Waals surface area contributed by atoms with Gasteiger partial charge in [0.1, 0.15) is 0 Å². The molecule has 4 aromatic rings. The number of rotatable bonds is 8. The Morgan fingerprint density at radius 1 is 1.03 bits per heavy atom. The molecule has 4 rings (SSSR count). The van der Waals surface area contributed by atoms with E-state index in [0.717, 1.165) is 22.1 Å². The lowest BCUT2D eigenvalue weighted by molar-refractivity contribution is 0.528. The van der Waals surface area contributed by atoms with E-state index in [-0.39, 0.29) is 0 Å². The van der Waals surface area contributed by atoms with Crippen LogP contribution in [0.25, 0.3) is 17.1 Å². The van der Waals surface area contributed by atoms with Gasteiger partial charge in [0.05, 0.1) is 17.0 Å². The number of aryl methyl sites for hydroxylation is 1. The minimum Gasteiger partial charge on any atom is -0.420 e.